The van der Waals surface area contributed by atoms with Crippen LogP contribution in [0.3, 0.4) is 0 Å². The number of aliphatic hydroxyl groups is 1. The molecule has 0 aliphatic carbocycles. The van der Waals surface area contributed by atoms with Crippen LogP contribution in [0.1, 0.15) is 25.7 Å². The van der Waals surface area contributed by atoms with Crippen molar-refractivity contribution in [2.24, 2.45) is 5.41 Å². The number of nitrogens with zero attached hydrogens (tertiary/aromatic N) is 1. The zero-order chi connectivity index (χ0) is 12.1. The van der Waals surface area contributed by atoms with Gasteiger partial charge in [-0.15, -0.1) is 0 Å². The van der Waals surface area contributed by atoms with Crippen molar-refractivity contribution in [1.82, 2.24) is 4.90 Å². The molecule has 2 saturated heterocycles. The third-order valence-electron chi connectivity index (χ3n) is 4.17. The SMILES string of the molecule is COC1CCN(CC2(CO)CCCOC2)CC1. The zero-order valence-corrected chi connectivity index (χ0v) is 10.9. The van der Waals surface area contributed by atoms with E-state index in [0.29, 0.717) is 12.7 Å². The molecule has 0 spiro atoms. The van der Waals surface area contributed by atoms with Crippen LogP contribution >= 0.6 is 0 Å². The topological polar surface area (TPSA) is 41.9 Å². The zero-order valence-electron chi connectivity index (χ0n) is 10.9. The highest BCUT2D eigenvalue weighted by Gasteiger charge is 2.35. The Morgan fingerprint density at radius 2 is 2.18 bits per heavy atom. The minimum Gasteiger partial charge on any atom is -0.396 e. The minimum atomic E-state index is -0.0157. The predicted octanol–water partition coefficient (Wildman–Crippen LogP) is 0.886. The molecule has 0 aromatic heterocycles. The Bertz CT molecular complexity index is 221. The second-order valence-corrected chi connectivity index (χ2v) is 5.53. The van der Waals surface area contributed by atoms with Crippen molar-refractivity contribution < 1.29 is 14.6 Å². The summed E-state index contributed by atoms with van der Waals surface area (Å²) in [5.74, 6) is 0. The molecule has 2 aliphatic rings. The second kappa shape index (κ2) is 6.14. The number of rotatable bonds is 4. The van der Waals surface area contributed by atoms with Gasteiger partial charge >= 0.3 is 0 Å². The highest BCUT2D eigenvalue weighted by atomic mass is 16.5. The van der Waals surface area contributed by atoms with Gasteiger partial charge in [-0.25, -0.2) is 0 Å². The fourth-order valence-corrected chi connectivity index (χ4v) is 2.99. The fourth-order valence-electron chi connectivity index (χ4n) is 2.99. The lowest BCUT2D eigenvalue weighted by atomic mass is 9.82. The fraction of sp³-hybridized carbons (Fsp3) is 1.00. The van der Waals surface area contributed by atoms with Crippen LogP contribution in [0.4, 0.5) is 0 Å². The molecule has 0 bridgehead atoms. The molecule has 2 rings (SSSR count). The van der Waals surface area contributed by atoms with Crippen LogP contribution in [0, 0.1) is 5.41 Å². The molecular formula is C13H25NO3. The van der Waals surface area contributed by atoms with Crippen molar-refractivity contribution in [3.8, 4) is 0 Å². The maximum atomic E-state index is 9.64. The van der Waals surface area contributed by atoms with E-state index in [1.807, 2.05) is 0 Å². The van der Waals surface area contributed by atoms with Gasteiger partial charge in [0.05, 0.1) is 19.3 Å². The molecule has 1 unspecified atom stereocenters. The molecule has 4 nitrogen and oxygen atoms in total. The van der Waals surface area contributed by atoms with Crippen LogP contribution in [0.2, 0.25) is 0 Å². The molecule has 17 heavy (non-hydrogen) atoms. The summed E-state index contributed by atoms with van der Waals surface area (Å²) in [6, 6.07) is 0. The number of piperidine rings is 1. The van der Waals surface area contributed by atoms with Gasteiger partial charge in [0, 0.05) is 38.8 Å². The molecule has 1 atom stereocenters. The van der Waals surface area contributed by atoms with Crippen LogP contribution in [0.5, 0.6) is 0 Å². The number of likely N-dealkylation sites (tertiary alicyclic amines) is 1. The summed E-state index contributed by atoms with van der Waals surface area (Å²) in [5, 5.41) is 9.64. The van der Waals surface area contributed by atoms with Gasteiger partial charge in [-0.05, 0) is 25.7 Å². The maximum Gasteiger partial charge on any atom is 0.0595 e. The lowest BCUT2D eigenvalue weighted by Gasteiger charge is -2.41. The first-order chi connectivity index (χ1) is 8.28. The van der Waals surface area contributed by atoms with E-state index in [1.165, 1.54) is 0 Å². The molecule has 0 aromatic carbocycles. The number of methoxy groups -OCH3 is 1. The molecule has 100 valence electrons. The average molecular weight is 243 g/mol. The van der Waals surface area contributed by atoms with E-state index < -0.39 is 0 Å². The van der Waals surface area contributed by atoms with Gasteiger partial charge in [0.15, 0.2) is 0 Å². The van der Waals surface area contributed by atoms with Crippen LogP contribution in [0.25, 0.3) is 0 Å². The van der Waals surface area contributed by atoms with Gasteiger partial charge in [-0.1, -0.05) is 0 Å². The lowest BCUT2D eigenvalue weighted by Crippen LogP contribution is -2.48. The first-order valence-electron chi connectivity index (χ1n) is 6.72. The highest BCUT2D eigenvalue weighted by molar-refractivity contribution is 4.86. The molecule has 0 radical (unpaired) electrons. The molecule has 2 heterocycles. The lowest BCUT2D eigenvalue weighted by molar-refractivity contribution is -0.0635. The third kappa shape index (κ3) is 3.41. The quantitative estimate of drug-likeness (QED) is 0.796. The Labute approximate surface area is 104 Å². The molecule has 4 heteroatoms. The summed E-state index contributed by atoms with van der Waals surface area (Å²) in [4.78, 5) is 2.46. The monoisotopic (exact) mass is 243 g/mol. The smallest absolute Gasteiger partial charge is 0.0595 e. The van der Waals surface area contributed by atoms with Gasteiger partial charge in [-0.3, -0.25) is 0 Å². The predicted molar refractivity (Wildman–Crippen MR) is 66.0 cm³/mol. The molecule has 0 saturated carbocycles. The van der Waals surface area contributed by atoms with Crippen LogP contribution < -0.4 is 0 Å². The molecule has 1 N–H and O–H groups in total. The van der Waals surface area contributed by atoms with Gasteiger partial charge in [0.1, 0.15) is 0 Å². The maximum absolute atomic E-state index is 9.64. The average Bonchev–Trinajstić information content (AvgIpc) is 2.41. The molecule has 0 amide bonds. The third-order valence-corrected chi connectivity index (χ3v) is 4.17. The number of hydrogen-bond acceptors (Lipinski definition) is 4. The van der Waals surface area contributed by atoms with Gasteiger partial charge < -0.3 is 19.5 Å². The normalized spacial score (nSPS) is 32.8. The van der Waals surface area contributed by atoms with Crippen molar-refractivity contribution >= 4 is 0 Å². The van der Waals surface area contributed by atoms with Crippen LogP contribution in [-0.4, -0.2) is 62.7 Å². The van der Waals surface area contributed by atoms with Crippen molar-refractivity contribution in [3.05, 3.63) is 0 Å². The summed E-state index contributed by atoms with van der Waals surface area (Å²) in [6.45, 7) is 4.96. The Hall–Kier alpha value is -0.160. The Morgan fingerprint density at radius 3 is 2.71 bits per heavy atom. The van der Waals surface area contributed by atoms with Crippen LogP contribution in [0.15, 0.2) is 0 Å². The van der Waals surface area contributed by atoms with E-state index in [2.05, 4.69) is 4.90 Å². The highest BCUT2D eigenvalue weighted by Crippen LogP contribution is 2.30. The van der Waals surface area contributed by atoms with Crippen molar-refractivity contribution in [2.75, 3.05) is 46.6 Å². The van der Waals surface area contributed by atoms with E-state index >= 15 is 0 Å². The van der Waals surface area contributed by atoms with Gasteiger partial charge in [0.2, 0.25) is 0 Å². The van der Waals surface area contributed by atoms with E-state index in [9.17, 15) is 5.11 Å². The largest absolute Gasteiger partial charge is 0.396 e. The summed E-state index contributed by atoms with van der Waals surface area (Å²) in [6.07, 6.45) is 4.82. The summed E-state index contributed by atoms with van der Waals surface area (Å²) in [5.41, 5.74) is -0.0157. The Balaban J connectivity index is 1.82. The van der Waals surface area contributed by atoms with E-state index in [-0.39, 0.29) is 12.0 Å². The van der Waals surface area contributed by atoms with Gasteiger partial charge in [0.25, 0.3) is 0 Å². The van der Waals surface area contributed by atoms with Gasteiger partial charge in [-0.2, -0.15) is 0 Å². The summed E-state index contributed by atoms with van der Waals surface area (Å²) in [7, 11) is 1.80. The first-order valence-corrected chi connectivity index (χ1v) is 6.72. The first kappa shape index (κ1) is 13.3. The van der Waals surface area contributed by atoms with E-state index in [0.717, 1.165) is 51.9 Å². The minimum absolute atomic E-state index is 0.0157. The summed E-state index contributed by atoms with van der Waals surface area (Å²) >= 11 is 0. The van der Waals surface area contributed by atoms with E-state index in [4.69, 9.17) is 9.47 Å². The van der Waals surface area contributed by atoms with E-state index in [1.54, 1.807) is 7.11 Å². The Morgan fingerprint density at radius 1 is 1.41 bits per heavy atom. The van der Waals surface area contributed by atoms with Crippen molar-refractivity contribution in [1.29, 1.82) is 0 Å². The Kier molecular flexibility index (Phi) is 4.79. The number of hydrogen-bond donors (Lipinski definition) is 1. The molecule has 2 fully saturated rings. The number of aliphatic hydroxyl groups excluding tert-OH is 1. The molecule has 0 aromatic rings. The standard InChI is InChI=1S/C13H25NO3/c1-16-12-3-6-14(7-4-12)9-13(10-15)5-2-8-17-11-13/h12,15H,2-11H2,1H3. The van der Waals surface area contributed by atoms with Crippen molar-refractivity contribution in [3.63, 3.8) is 0 Å². The molecular weight excluding hydrogens is 218 g/mol. The van der Waals surface area contributed by atoms with Crippen molar-refractivity contribution in [2.45, 2.75) is 31.8 Å². The molecule has 2 aliphatic heterocycles. The van der Waals surface area contributed by atoms with Crippen LogP contribution in [-0.2, 0) is 9.47 Å². The summed E-state index contributed by atoms with van der Waals surface area (Å²) < 4.78 is 10.9. The number of ether oxygens (including phenoxy) is 2. The second-order valence-electron chi connectivity index (χ2n) is 5.53.